The van der Waals surface area contributed by atoms with E-state index < -0.39 is 0 Å². The minimum Gasteiger partial charge on any atom is -0.383 e. The second-order valence-electron chi connectivity index (χ2n) is 6.46. The lowest BCUT2D eigenvalue weighted by molar-refractivity contribution is 0.717. The van der Waals surface area contributed by atoms with Gasteiger partial charge in [-0.25, -0.2) is 4.98 Å². The van der Waals surface area contributed by atoms with Gasteiger partial charge in [-0.1, -0.05) is 44.0 Å². The van der Waals surface area contributed by atoms with Crippen molar-refractivity contribution in [2.75, 3.05) is 5.73 Å². The van der Waals surface area contributed by atoms with Gasteiger partial charge in [0.15, 0.2) is 0 Å². The summed E-state index contributed by atoms with van der Waals surface area (Å²) in [6.07, 6.45) is 5.32. The van der Waals surface area contributed by atoms with Gasteiger partial charge in [0.2, 0.25) is 0 Å². The number of nitrogen functional groups attached to an aromatic ring is 1. The van der Waals surface area contributed by atoms with Crippen molar-refractivity contribution in [2.24, 2.45) is 0 Å². The number of alkyl halides is 1. The van der Waals surface area contributed by atoms with Crippen LogP contribution in [0.15, 0.2) is 42.5 Å². The maximum Gasteiger partial charge on any atom is 0.127 e. The van der Waals surface area contributed by atoms with Crippen molar-refractivity contribution in [1.82, 2.24) is 9.97 Å². The minimum atomic E-state index is 0.544. The van der Waals surface area contributed by atoms with Crippen molar-refractivity contribution >= 4 is 28.5 Å². The molecule has 3 rings (SSSR count). The van der Waals surface area contributed by atoms with Gasteiger partial charge in [0.1, 0.15) is 5.82 Å². The molecular formula is C21H24ClN3. The van der Waals surface area contributed by atoms with E-state index in [1.807, 2.05) is 12.1 Å². The maximum atomic E-state index is 6.11. The number of nitrogens with two attached hydrogens (primary N) is 1. The highest BCUT2D eigenvalue weighted by atomic mass is 35.5. The van der Waals surface area contributed by atoms with E-state index in [0.29, 0.717) is 11.7 Å². The number of aryl methyl sites for hydroxylation is 1. The van der Waals surface area contributed by atoms with Crippen LogP contribution in [0.1, 0.15) is 48.6 Å². The fourth-order valence-electron chi connectivity index (χ4n) is 2.97. The molecule has 0 aliphatic heterocycles. The van der Waals surface area contributed by atoms with Crippen LogP contribution in [0.3, 0.4) is 0 Å². The van der Waals surface area contributed by atoms with Crippen LogP contribution >= 0.6 is 11.6 Å². The molecule has 0 unspecified atom stereocenters. The normalized spacial score (nSPS) is 11.1. The first-order valence-corrected chi connectivity index (χ1v) is 9.42. The Labute approximate surface area is 154 Å². The summed E-state index contributed by atoms with van der Waals surface area (Å²) < 4.78 is 0. The predicted molar refractivity (Wildman–Crippen MR) is 106 cm³/mol. The summed E-state index contributed by atoms with van der Waals surface area (Å²) in [4.78, 5) is 9.32. The van der Waals surface area contributed by atoms with Crippen molar-refractivity contribution in [3.05, 3.63) is 64.8 Å². The summed E-state index contributed by atoms with van der Waals surface area (Å²) in [5, 5.41) is 0. The molecule has 0 spiro atoms. The second kappa shape index (κ2) is 8.30. The van der Waals surface area contributed by atoms with Gasteiger partial charge in [0.05, 0.1) is 11.0 Å². The topological polar surface area (TPSA) is 51.8 Å². The molecule has 0 aliphatic carbocycles. The number of halogens is 1. The van der Waals surface area contributed by atoms with Gasteiger partial charge in [-0.15, -0.1) is 11.6 Å². The third-order valence-electron chi connectivity index (χ3n) is 4.45. The van der Waals surface area contributed by atoms with Gasteiger partial charge in [-0.2, -0.15) is 0 Å². The zero-order valence-electron chi connectivity index (χ0n) is 14.6. The Morgan fingerprint density at radius 3 is 2.40 bits per heavy atom. The first-order valence-electron chi connectivity index (χ1n) is 8.88. The van der Waals surface area contributed by atoms with E-state index in [1.54, 1.807) is 0 Å². The summed E-state index contributed by atoms with van der Waals surface area (Å²) in [6, 6.07) is 14.5. The molecule has 130 valence electrons. The van der Waals surface area contributed by atoms with E-state index >= 15 is 0 Å². The van der Waals surface area contributed by atoms with Gasteiger partial charge in [0, 0.05) is 18.0 Å². The third kappa shape index (κ3) is 4.49. The molecule has 2 heterocycles. The van der Waals surface area contributed by atoms with Crippen LogP contribution in [-0.2, 0) is 18.7 Å². The van der Waals surface area contributed by atoms with Crippen LogP contribution < -0.4 is 5.73 Å². The number of pyridine rings is 2. The van der Waals surface area contributed by atoms with Crippen LogP contribution in [-0.4, -0.2) is 9.97 Å². The molecule has 0 bridgehead atoms. The standard InChI is InChI=1S/C21H24ClN3/c1-2-3-4-5-17-13-20-19(25-21(17)23)11-10-18(24-20)12-15-6-8-16(14-22)9-7-15/h6-11,13H,2-5,12,14H2,1H3,(H2,23,25). The van der Waals surface area contributed by atoms with E-state index in [9.17, 15) is 0 Å². The summed E-state index contributed by atoms with van der Waals surface area (Å²) in [5.41, 5.74) is 12.4. The number of rotatable bonds is 7. The summed E-state index contributed by atoms with van der Waals surface area (Å²) in [7, 11) is 0. The molecule has 3 aromatic rings. The molecule has 0 saturated carbocycles. The lowest BCUT2D eigenvalue weighted by Gasteiger charge is -2.08. The Morgan fingerprint density at radius 1 is 0.920 bits per heavy atom. The molecular weight excluding hydrogens is 330 g/mol. The maximum absolute atomic E-state index is 6.11. The first kappa shape index (κ1) is 17.7. The highest BCUT2D eigenvalue weighted by Crippen LogP contribution is 2.20. The molecule has 0 amide bonds. The number of unbranched alkanes of at least 4 members (excludes halogenated alkanes) is 2. The number of nitrogens with zero attached hydrogens (tertiary/aromatic N) is 2. The summed E-state index contributed by atoms with van der Waals surface area (Å²) in [5.74, 6) is 1.18. The minimum absolute atomic E-state index is 0.544. The smallest absolute Gasteiger partial charge is 0.127 e. The Balaban J connectivity index is 1.83. The van der Waals surface area contributed by atoms with Crippen LogP contribution in [0, 0.1) is 0 Å². The van der Waals surface area contributed by atoms with Crippen molar-refractivity contribution in [3.8, 4) is 0 Å². The number of aromatic nitrogens is 2. The number of anilines is 1. The van der Waals surface area contributed by atoms with Crippen molar-refractivity contribution in [2.45, 2.75) is 44.9 Å². The molecule has 4 heteroatoms. The van der Waals surface area contributed by atoms with Crippen molar-refractivity contribution in [1.29, 1.82) is 0 Å². The Bertz CT molecular complexity index is 844. The molecule has 0 atom stereocenters. The zero-order valence-corrected chi connectivity index (χ0v) is 15.4. The molecule has 2 N–H and O–H groups in total. The lowest BCUT2D eigenvalue weighted by Crippen LogP contribution is -2.01. The molecule has 0 aliphatic rings. The van der Waals surface area contributed by atoms with Crippen LogP contribution in [0.5, 0.6) is 0 Å². The highest BCUT2D eigenvalue weighted by molar-refractivity contribution is 6.17. The molecule has 0 radical (unpaired) electrons. The molecule has 1 aromatic carbocycles. The van der Waals surface area contributed by atoms with E-state index in [-0.39, 0.29) is 0 Å². The van der Waals surface area contributed by atoms with Gasteiger partial charge in [-0.3, -0.25) is 4.98 Å². The average Bonchev–Trinajstić information content (AvgIpc) is 2.63. The molecule has 3 nitrogen and oxygen atoms in total. The third-order valence-corrected chi connectivity index (χ3v) is 4.76. The largest absolute Gasteiger partial charge is 0.383 e. The summed E-state index contributed by atoms with van der Waals surface area (Å²) in [6.45, 7) is 2.20. The van der Waals surface area contributed by atoms with Crippen LogP contribution in [0.25, 0.3) is 11.0 Å². The fourth-order valence-corrected chi connectivity index (χ4v) is 3.15. The summed E-state index contributed by atoms with van der Waals surface area (Å²) >= 11 is 5.85. The second-order valence-corrected chi connectivity index (χ2v) is 6.72. The number of benzene rings is 1. The number of hydrogen-bond acceptors (Lipinski definition) is 3. The zero-order chi connectivity index (χ0) is 17.6. The first-order chi connectivity index (χ1) is 12.2. The van der Waals surface area contributed by atoms with Crippen LogP contribution in [0.2, 0.25) is 0 Å². The Hall–Kier alpha value is -2.13. The molecule has 2 aromatic heterocycles. The molecule has 0 fully saturated rings. The van der Waals surface area contributed by atoms with E-state index in [4.69, 9.17) is 22.3 Å². The van der Waals surface area contributed by atoms with Gasteiger partial charge in [0.25, 0.3) is 0 Å². The predicted octanol–water partition coefficient (Wildman–Crippen LogP) is 5.27. The van der Waals surface area contributed by atoms with Crippen LogP contribution in [0.4, 0.5) is 5.82 Å². The van der Waals surface area contributed by atoms with E-state index in [0.717, 1.165) is 47.1 Å². The lowest BCUT2D eigenvalue weighted by atomic mass is 10.1. The monoisotopic (exact) mass is 353 g/mol. The van der Waals surface area contributed by atoms with Gasteiger partial charge in [-0.05, 0) is 47.7 Å². The number of fused-ring (bicyclic) bond motifs is 1. The Morgan fingerprint density at radius 2 is 1.68 bits per heavy atom. The van der Waals surface area contributed by atoms with E-state index in [2.05, 4.69) is 42.2 Å². The van der Waals surface area contributed by atoms with Gasteiger partial charge < -0.3 is 5.73 Å². The average molecular weight is 354 g/mol. The molecule has 0 saturated heterocycles. The quantitative estimate of drug-likeness (QED) is 0.464. The number of hydrogen-bond donors (Lipinski definition) is 1. The Kier molecular flexibility index (Phi) is 5.87. The highest BCUT2D eigenvalue weighted by Gasteiger charge is 2.07. The van der Waals surface area contributed by atoms with E-state index in [1.165, 1.54) is 18.4 Å². The van der Waals surface area contributed by atoms with Gasteiger partial charge >= 0.3 is 0 Å². The SMILES string of the molecule is CCCCCc1cc2nc(Cc3ccc(CCl)cc3)ccc2nc1N. The fraction of sp³-hybridized carbons (Fsp3) is 0.333. The molecule has 25 heavy (non-hydrogen) atoms. The van der Waals surface area contributed by atoms with Crippen molar-refractivity contribution in [3.63, 3.8) is 0 Å². The van der Waals surface area contributed by atoms with Crippen molar-refractivity contribution < 1.29 is 0 Å².